The van der Waals surface area contributed by atoms with Crippen molar-refractivity contribution in [3.05, 3.63) is 71.3 Å². The minimum absolute atomic E-state index is 0.0752. The average molecular weight is 417 g/mol. The second-order valence-corrected chi connectivity index (χ2v) is 8.27. The monoisotopic (exact) mass is 417 g/mol. The second kappa shape index (κ2) is 8.51. The zero-order chi connectivity index (χ0) is 21.0. The van der Waals surface area contributed by atoms with E-state index in [0.29, 0.717) is 5.56 Å². The summed E-state index contributed by atoms with van der Waals surface area (Å²) in [7, 11) is -3.73. The van der Waals surface area contributed by atoms with Gasteiger partial charge in [-0.1, -0.05) is 6.07 Å². The van der Waals surface area contributed by atoms with Crippen molar-refractivity contribution in [1.82, 2.24) is 9.21 Å². The molecule has 0 saturated carbocycles. The van der Waals surface area contributed by atoms with E-state index >= 15 is 0 Å². The van der Waals surface area contributed by atoms with Gasteiger partial charge in [-0.3, -0.25) is 4.79 Å². The van der Waals surface area contributed by atoms with E-state index in [1.807, 2.05) is 6.07 Å². The van der Waals surface area contributed by atoms with Crippen molar-refractivity contribution in [1.29, 1.82) is 5.26 Å². The zero-order valence-electron chi connectivity index (χ0n) is 15.3. The molecule has 2 aromatic rings. The maximum Gasteiger partial charge on any atom is 0.246 e. The fraction of sp³-hybridized carbons (Fsp3) is 0.200. The molecule has 1 heterocycles. The summed E-state index contributed by atoms with van der Waals surface area (Å²) in [5.41, 5.74) is 0.0559. The Balaban J connectivity index is 1.64. The molecule has 1 amide bonds. The zero-order valence-corrected chi connectivity index (χ0v) is 16.1. The highest BCUT2D eigenvalue weighted by Gasteiger charge is 2.29. The molecule has 2 aromatic carbocycles. The van der Waals surface area contributed by atoms with Crippen molar-refractivity contribution in [2.24, 2.45) is 0 Å². The number of rotatable bonds is 4. The number of nitriles is 1. The van der Waals surface area contributed by atoms with Crippen LogP contribution in [0.3, 0.4) is 0 Å². The number of halogens is 2. The summed E-state index contributed by atoms with van der Waals surface area (Å²) in [5.74, 6) is -2.00. The molecule has 0 radical (unpaired) electrons. The molecule has 1 aliphatic heterocycles. The van der Waals surface area contributed by atoms with Crippen LogP contribution < -0.4 is 0 Å². The lowest BCUT2D eigenvalue weighted by Gasteiger charge is -2.33. The summed E-state index contributed by atoms with van der Waals surface area (Å²) in [6.45, 7) is 0.489. The molecule has 0 bridgehead atoms. The standard InChI is InChI=1S/C20H17F2N3O3S/c21-18-2-1-3-19(22)17(18)8-9-20(26)24-10-12-25(13-11-24)29(27,28)16-6-4-15(14-23)5-7-16/h1-9H,10-13H2/b9-8+. The predicted molar refractivity (Wildman–Crippen MR) is 102 cm³/mol. The van der Waals surface area contributed by atoms with Crippen LogP contribution in [0.4, 0.5) is 8.78 Å². The Labute approximate surface area is 167 Å². The van der Waals surface area contributed by atoms with Crippen LogP contribution >= 0.6 is 0 Å². The Bertz CT molecular complexity index is 1060. The van der Waals surface area contributed by atoms with E-state index in [9.17, 15) is 22.0 Å². The van der Waals surface area contributed by atoms with Gasteiger partial charge in [0.2, 0.25) is 15.9 Å². The number of sulfonamides is 1. The van der Waals surface area contributed by atoms with Crippen molar-refractivity contribution in [2.75, 3.05) is 26.2 Å². The Morgan fingerprint density at radius 3 is 2.14 bits per heavy atom. The minimum atomic E-state index is -3.73. The maximum absolute atomic E-state index is 13.6. The lowest BCUT2D eigenvalue weighted by atomic mass is 10.2. The van der Waals surface area contributed by atoms with Gasteiger partial charge in [-0.2, -0.15) is 9.57 Å². The predicted octanol–water partition coefficient (Wildman–Crippen LogP) is 2.38. The number of amides is 1. The molecule has 0 atom stereocenters. The summed E-state index contributed by atoms with van der Waals surface area (Å²) in [4.78, 5) is 13.8. The van der Waals surface area contributed by atoms with E-state index in [1.54, 1.807) is 0 Å². The minimum Gasteiger partial charge on any atom is -0.337 e. The largest absolute Gasteiger partial charge is 0.337 e. The van der Waals surface area contributed by atoms with Gasteiger partial charge < -0.3 is 4.90 Å². The Kier molecular flexibility index (Phi) is 6.06. The van der Waals surface area contributed by atoms with Crippen LogP contribution in [-0.2, 0) is 14.8 Å². The van der Waals surface area contributed by atoms with E-state index < -0.39 is 27.6 Å². The molecule has 0 N–H and O–H groups in total. The molecule has 0 aliphatic carbocycles. The Morgan fingerprint density at radius 2 is 1.59 bits per heavy atom. The molecule has 29 heavy (non-hydrogen) atoms. The first-order valence-electron chi connectivity index (χ1n) is 8.74. The van der Waals surface area contributed by atoms with Crippen LogP contribution in [0.15, 0.2) is 53.4 Å². The van der Waals surface area contributed by atoms with Gasteiger partial charge in [-0.05, 0) is 42.5 Å². The Hall–Kier alpha value is -3.09. The highest BCUT2D eigenvalue weighted by Crippen LogP contribution is 2.19. The van der Waals surface area contributed by atoms with Crippen molar-refractivity contribution >= 4 is 22.0 Å². The molecule has 9 heteroatoms. The number of hydrogen-bond donors (Lipinski definition) is 0. The number of piperazine rings is 1. The van der Waals surface area contributed by atoms with Crippen molar-refractivity contribution < 1.29 is 22.0 Å². The summed E-state index contributed by atoms with van der Waals surface area (Å²) in [6.07, 6.45) is 2.15. The normalized spacial score (nSPS) is 15.4. The maximum atomic E-state index is 13.6. The fourth-order valence-corrected chi connectivity index (χ4v) is 4.35. The molecular formula is C20H17F2N3O3S. The molecule has 150 valence electrons. The van der Waals surface area contributed by atoms with Crippen LogP contribution in [0, 0.1) is 23.0 Å². The lowest BCUT2D eigenvalue weighted by molar-refractivity contribution is -0.127. The average Bonchev–Trinajstić information content (AvgIpc) is 2.73. The molecule has 3 rings (SSSR count). The first-order valence-corrected chi connectivity index (χ1v) is 10.2. The van der Waals surface area contributed by atoms with Gasteiger partial charge in [0.15, 0.2) is 0 Å². The third-order valence-corrected chi connectivity index (χ3v) is 6.48. The number of carbonyl (C=O) groups is 1. The molecule has 6 nitrogen and oxygen atoms in total. The van der Waals surface area contributed by atoms with Gasteiger partial charge in [0, 0.05) is 37.8 Å². The van der Waals surface area contributed by atoms with E-state index in [1.165, 1.54) is 39.5 Å². The number of nitrogens with zero attached hydrogens (tertiary/aromatic N) is 3. The first-order chi connectivity index (χ1) is 13.8. The smallest absolute Gasteiger partial charge is 0.246 e. The molecule has 1 saturated heterocycles. The molecule has 0 aromatic heterocycles. The van der Waals surface area contributed by atoms with Crippen LogP contribution in [0.2, 0.25) is 0 Å². The second-order valence-electron chi connectivity index (χ2n) is 6.33. The molecule has 0 unspecified atom stereocenters. The quantitative estimate of drug-likeness (QED) is 0.716. The molecule has 0 spiro atoms. The first kappa shape index (κ1) is 20.6. The van der Waals surface area contributed by atoms with Gasteiger partial charge in [0.1, 0.15) is 11.6 Å². The van der Waals surface area contributed by atoms with E-state index in [0.717, 1.165) is 24.3 Å². The van der Waals surface area contributed by atoms with Crippen molar-refractivity contribution in [2.45, 2.75) is 4.90 Å². The highest BCUT2D eigenvalue weighted by molar-refractivity contribution is 7.89. The SMILES string of the molecule is N#Cc1ccc(S(=O)(=O)N2CCN(C(=O)/C=C/c3c(F)cccc3F)CC2)cc1. The number of carbonyl (C=O) groups excluding carboxylic acids is 1. The molecular weight excluding hydrogens is 400 g/mol. The van der Waals surface area contributed by atoms with Crippen LogP contribution in [-0.4, -0.2) is 49.7 Å². The van der Waals surface area contributed by atoms with Crippen LogP contribution in [0.5, 0.6) is 0 Å². The van der Waals surface area contributed by atoms with Crippen LogP contribution in [0.1, 0.15) is 11.1 Å². The summed E-state index contributed by atoms with van der Waals surface area (Å²) >= 11 is 0. The highest BCUT2D eigenvalue weighted by atomic mass is 32.2. The van der Waals surface area contributed by atoms with E-state index in [4.69, 9.17) is 5.26 Å². The van der Waals surface area contributed by atoms with E-state index in [2.05, 4.69) is 0 Å². The van der Waals surface area contributed by atoms with E-state index in [-0.39, 0.29) is 36.6 Å². The van der Waals surface area contributed by atoms with Gasteiger partial charge in [0.25, 0.3) is 0 Å². The summed E-state index contributed by atoms with van der Waals surface area (Å²) < 4.78 is 53.9. The van der Waals surface area contributed by atoms with Gasteiger partial charge in [0.05, 0.1) is 16.5 Å². The third kappa shape index (κ3) is 4.50. The molecule has 1 fully saturated rings. The lowest BCUT2D eigenvalue weighted by Crippen LogP contribution is -2.50. The van der Waals surface area contributed by atoms with Crippen molar-refractivity contribution in [3.8, 4) is 6.07 Å². The fourth-order valence-electron chi connectivity index (χ4n) is 2.93. The number of benzene rings is 2. The van der Waals surface area contributed by atoms with Gasteiger partial charge >= 0.3 is 0 Å². The summed E-state index contributed by atoms with van der Waals surface area (Å²) in [5, 5.41) is 8.81. The van der Waals surface area contributed by atoms with Gasteiger partial charge in [-0.25, -0.2) is 17.2 Å². The van der Waals surface area contributed by atoms with Gasteiger partial charge in [-0.15, -0.1) is 0 Å². The number of hydrogen-bond acceptors (Lipinski definition) is 4. The molecule has 1 aliphatic rings. The topological polar surface area (TPSA) is 81.5 Å². The third-order valence-electron chi connectivity index (χ3n) is 4.56. The summed E-state index contributed by atoms with van der Waals surface area (Å²) in [6, 6.07) is 11.0. The Morgan fingerprint density at radius 1 is 1.00 bits per heavy atom. The van der Waals surface area contributed by atoms with Crippen molar-refractivity contribution in [3.63, 3.8) is 0 Å². The van der Waals surface area contributed by atoms with Crippen LogP contribution in [0.25, 0.3) is 6.08 Å².